The Morgan fingerprint density at radius 1 is 1.43 bits per heavy atom. The third kappa shape index (κ3) is 2.75. The standard InChI is InChI=1S/C17H15ClN2O2S/c1-10-13(18)6-7-14-15(10)19-17(23-14)20(16(21)11-4-5-11)9-12-3-2-8-22-12/h2-3,6-8,11H,4-5,9H2,1H3. The van der Waals surface area contributed by atoms with Gasteiger partial charge >= 0.3 is 0 Å². The van der Waals surface area contributed by atoms with Crippen LogP contribution in [0.15, 0.2) is 34.9 Å². The van der Waals surface area contributed by atoms with Crippen LogP contribution in [0.3, 0.4) is 0 Å². The summed E-state index contributed by atoms with van der Waals surface area (Å²) in [5, 5.41) is 1.40. The van der Waals surface area contributed by atoms with Gasteiger partial charge in [-0.2, -0.15) is 0 Å². The maximum absolute atomic E-state index is 12.7. The minimum atomic E-state index is 0.127. The fraction of sp³-hybridized carbons (Fsp3) is 0.294. The Balaban J connectivity index is 1.76. The first kappa shape index (κ1) is 14.7. The number of hydrogen-bond acceptors (Lipinski definition) is 4. The number of aryl methyl sites for hydroxylation is 1. The second-order valence-corrected chi connectivity index (χ2v) is 7.21. The molecule has 2 aromatic heterocycles. The van der Waals surface area contributed by atoms with Crippen molar-refractivity contribution in [3.05, 3.63) is 46.9 Å². The van der Waals surface area contributed by atoms with Gasteiger partial charge in [-0.3, -0.25) is 9.69 Å². The molecule has 4 rings (SSSR count). The molecule has 2 heterocycles. The van der Waals surface area contributed by atoms with Gasteiger partial charge in [-0.15, -0.1) is 0 Å². The van der Waals surface area contributed by atoms with Crippen LogP contribution < -0.4 is 4.90 Å². The Morgan fingerprint density at radius 3 is 2.96 bits per heavy atom. The van der Waals surface area contributed by atoms with Crippen LogP contribution in [0.2, 0.25) is 5.02 Å². The van der Waals surface area contributed by atoms with Gasteiger partial charge in [-0.1, -0.05) is 22.9 Å². The Kier molecular flexibility index (Phi) is 3.62. The molecule has 1 amide bonds. The quantitative estimate of drug-likeness (QED) is 0.682. The fourth-order valence-corrected chi connectivity index (χ4v) is 3.74. The number of aromatic nitrogens is 1. The Morgan fingerprint density at radius 2 is 2.26 bits per heavy atom. The number of rotatable bonds is 4. The van der Waals surface area contributed by atoms with Crippen molar-refractivity contribution in [1.82, 2.24) is 4.98 Å². The van der Waals surface area contributed by atoms with E-state index in [0.717, 1.165) is 34.4 Å². The highest BCUT2D eigenvalue weighted by Gasteiger charge is 2.35. The predicted octanol–water partition coefficient (Wildman–Crippen LogP) is 4.79. The lowest BCUT2D eigenvalue weighted by molar-refractivity contribution is -0.120. The number of furan rings is 1. The molecule has 0 aliphatic heterocycles. The molecular weight excluding hydrogens is 332 g/mol. The van der Waals surface area contributed by atoms with Crippen LogP contribution >= 0.6 is 22.9 Å². The Bertz CT molecular complexity index is 868. The predicted molar refractivity (Wildman–Crippen MR) is 92.0 cm³/mol. The molecule has 4 nitrogen and oxygen atoms in total. The number of carbonyl (C=O) groups excluding carboxylic acids is 1. The van der Waals surface area contributed by atoms with Gasteiger partial charge in [0.25, 0.3) is 0 Å². The van der Waals surface area contributed by atoms with Crippen LogP contribution in [0.25, 0.3) is 10.2 Å². The number of nitrogens with zero attached hydrogens (tertiary/aromatic N) is 2. The molecule has 118 valence electrons. The van der Waals surface area contributed by atoms with E-state index in [-0.39, 0.29) is 11.8 Å². The van der Waals surface area contributed by atoms with E-state index in [1.54, 1.807) is 11.2 Å². The zero-order chi connectivity index (χ0) is 16.0. The smallest absolute Gasteiger partial charge is 0.232 e. The summed E-state index contributed by atoms with van der Waals surface area (Å²) in [7, 11) is 0. The molecule has 0 radical (unpaired) electrons. The summed E-state index contributed by atoms with van der Waals surface area (Å²) in [6.45, 7) is 2.36. The number of hydrogen-bond donors (Lipinski definition) is 0. The van der Waals surface area contributed by atoms with Gasteiger partial charge in [0.2, 0.25) is 5.91 Å². The first-order valence-corrected chi connectivity index (χ1v) is 8.72. The molecule has 3 aromatic rings. The molecule has 6 heteroatoms. The topological polar surface area (TPSA) is 46.3 Å². The van der Waals surface area contributed by atoms with Crippen molar-refractivity contribution in [2.45, 2.75) is 26.3 Å². The molecule has 0 spiro atoms. The van der Waals surface area contributed by atoms with Gasteiger partial charge in [-0.25, -0.2) is 4.98 Å². The van der Waals surface area contributed by atoms with Crippen molar-refractivity contribution in [1.29, 1.82) is 0 Å². The molecule has 1 aliphatic rings. The molecule has 0 N–H and O–H groups in total. The normalized spacial score (nSPS) is 14.3. The van der Waals surface area contributed by atoms with E-state index < -0.39 is 0 Å². The molecule has 0 unspecified atom stereocenters. The van der Waals surface area contributed by atoms with E-state index in [1.807, 2.05) is 31.2 Å². The van der Waals surface area contributed by atoms with Gasteiger partial charge in [0, 0.05) is 10.9 Å². The van der Waals surface area contributed by atoms with Crippen LogP contribution in [0.1, 0.15) is 24.2 Å². The summed E-state index contributed by atoms with van der Waals surface area (Å²) in [5.74, 6) is 1.01. The largest absolute Gasteiger partial charge is 0.467 e. The highest BCUT2D eigenvalue weighted by Crippen LogP contribution is 2.38. The second kappa shape index (κ2) is 5.65. The van der Waals surface area contributed by atoms with Gasteiger partial charge in [0.15, 0.2) is 5.13 Å². The Hall–Kier alpha value is -1.85. The van der Waals surface area contributed by atoms with Crippen LogP contribution in [-0.2, 0) is 11.3 Å². The molecule has 1 aliphatic carbocycles. The molecule has 1 saturated carbocycles. The second-order valence-electron chi connectivity index (χ2n) is 5.79. The summed E-state index contributed by atoms with van der Waals surface area (Å²) in [4.78, 5) is 19.1. The van der Waals surface area contributed by atoms with Crippen molar-refractivity contribution >= 4 is 44.2 Å². The first-order valence-electron chi connectivity index (χ1n) is 7.53. The first-order chi connectivity index (χ1) is 11.1. The van der Waals surface area contributed by atoms with E-state index in [2.05, 4.69) is 4.98 Å². The highest BCUT2D eigenvalue weighted by atomic mass is 35.5. The van der Waals surface area contributed by atoms with Crippen molar-refractivity contribution in [2.24, 2.45) is 5.92 Å². The minimum Gasteiger partial charge on any atom is -0.467 e. The van der Waals surface area contributed by atoms with Crippen molar-refractivity contribution < 1.29 is 9.21 Å². The van der Waals surface area contributed by atoms with Crippen LogP contribution in [0, 0.1) is 12.8 Å². The van der Waals surface area contributed by atoms with Crippen molar-refractivity contribution in [3.63, 3.8) is 0 Å². The highest BCUT2D eigenvalue weighted by molar-refractivity contribution is 7.22. The van der Waals surface area contributed by atoms with E-state index in [0.29, 0.717) is 16.7 Å². The minimum absolute atomic E-state index is 0.127. The lowest BCUT2D eigenvalue weighted by Crippen LogP contribution is -2.31. The molecule has 1 fully saturated rings. The number of halogens is 1. The summed E-state index contributed by atoms with van der Waals surface area (Å²) in [6, 6.07) is 7.54. The number of carbonyl (C=O) groups is 1. The number of thiazole rings is 1. The molecule has 0 bridgehead atoms. The zero-order valence-corrected chi connectivity index (χ0v) is 14.2. The lowest BCUT2D eigenvalue weighted by Gasteiger charge is -2.18. The van der Waals surface area contributed by atoms with Crippen molar-refractivity contribution in [2.75, 3.05) is 4.90 Å². The van der Waals surface area contributed by atoms with Crippen molar-refractivity contribution in [3.8, 4) is 0 Å². The average Bonchev–Trinajstić information content (AvgIpc) is 3.09. The van der Waals surface area contributed by atoms with Crippen LogP contribution in [0.4, 0.5) is 5.13 Å². The molecular formula is C17H15ClN2O2S. The van der Waals surface area contributed by atoms with Gasteiger partial charge in [0.05, 0.1) is 23.0 Å². The number of benzene rings is 1. The lowest BCUT2D eigenvalue weighted by atomic mass is 10.2. The summed E-state index contributed by atoms with van der Waals surface area (Å²) in [6.07, 6.45) is 3.55. The van der Waals surface area contributed by atoms with E-state index in [4.69, 9.17) is 16.0 Å². The SMILES string of the molecule is Cc1c(Cl)ccc2sc(N(Cc3ccco3)C(=O)C3CC3)nc12. The van der Waals surface area contributed by atoms with E-state index in [9.17, 15) is 4.79 Å². The van der Waals surface area contributed by atoms with E-state index in [1.165, 1.54) is 11.3 Å². The van der Waals surface area contributed by atoms with Crippen LogP contribution in [-0.4, -0.2) is 10.9 Å². The van der Waals surface area contributed by atoms with Gasteiger partial charge in [-0.05, 0) is 49.6 Å². The number of fused-ring (bicyclic) bond motifs is 1. The molecule has 0 atom stereocenters. The maximum atomic E-state index is 12.7. The summed E-state index contributed by atoms with van der Waals surface area (Å²) in [5.41, 5.74) is 1.81. The summed E-state index contributed by atoms with van der Waals surface area (Å²) < 4.78 is 6.45. The average molecular weight is 347 g/mol. The van der Waals surface area contributed by atoms with E-state index >= 15 is 0 Å². The van der Waals surface area contributed by atoms with Crippen LogP contribution in [0.5, 0.6) is 0 Å². The van der Waals surface area contributed by atoms with Gasteiger partial charge < -0.3 is 4.42 Å². The number of anilines is 1. The maximum Gasteiger partial charge on any atom is 0.232 e. The third-order valence-corrected chi connectivity index (χ3v) is 5.51. The summed E-state index contributed by atoms with van der Waals surface area (Å²) >= 11 is 7.70. The third-order valence-electron chi connectivity index (χ3n) is 4.05. The number of amides is 1. The Labute approximate surface area is 142 Å². The molecule has 0 saturated heterocycles. The monoisotopic (exact) mass is 346 g/mol. The molecule has 23 heavy (non-hydrogen) atoms. The van der Waals surface area contributed by atoms with Gasteiger partial charge in [0.1, 0.15) is 5.76 Å². The fourth-order valence-electron chi connectivity index (χ4n) is 2.55. The molecule has 1 aromatic carbocycles. The zero-order valence-electron chi connectivity index (χ0n) is 12.6.